The molecule has 0 bridgehead atoms. The molecule has 0 atom stereocenters. The van der Waals surface area contributed by atoms with E-state index in [1.54, 1.807) is 24.3 Å². The lowest BCUT2D eigenvalue weighted by Gasteiger charge is -2.07. The number of benzene rings is 2. The predicted molar refractivity (Wildman–Crippen MR) is 97.5 cm³/mol. The Morgan fingerprint density at radius 1 is 1.32 bits per heavy atom. The summed E-state index contributed by atoms with van der Waals surface area (Å²) in [7, 11) is 0. The second-order valence-electron chi connectivity index (χ2n) is 5.67. The van der Waals surface area contributed by atoms with Gasteiger partial charge in [-0.2, -0.15) is 5.10 Å². The Morgan fingerprint density at radius 2 is 2.04 bits per heavy atom. The monoisotopic (exact) mass is 336 g/mol. The number of terminal acetylenes is 1. The lowest BCUT2D eigenvalue weighted by molar-refractivity contribution is 0.0657. The van der Waals surface area contributed by atoms with Crippen molar-refractivity contribution in [3.05, 3.63) is 64.7 Å². The predicted octanol–water partition coefficient (Wildman–Crippen LogP) is 3.06. The summed E-state index contributed by atoms with van der Waals surface area (Å²) in [4.78, 5) is 12.1. The lowest BCUT2D eigenvalue weighted by atomic mass is 10.1. The van der Waals surface area contributed by atoms with Crippen LogP contribution in [0.3, 0.4) is 0 Å². The van der Waals surface area contributed by atoms with Gasteiger partial charge in [-0.25, -0.2) is 5.43 Å². The summed E-state index contributed by atoms with van der Waals surface area (Å²) >= 11 is 0. The normalized spacial score (nSPS) is 10.8. The van der Waals surface area contributed by atoms with E-state index in [1.807, 2.05) is 26.0 Å². The number of hydrogen-bond donors (Lipinski definition) is 2. The molecule has 0 fully saturated rings. The number of hydrogen-bond acceptors (Lipinski definition) is 4. The molecule has 2 N–H and O–H groups in total. The molecule has 2 aromatic rings. The molecule has 25 heavy (non-hydrogen) atoms. The van der Waals surface area contributed by atoms with Crippen LogP contribution in [0.5, 0.6) is 5.75 Å². The summed E-state index contributed by atoms with van der Waals surface area (Å²) in [6.45, 7) is 4.44. The van der Waals surface area contributed by atoms with E-state index in [-0.39, 0.29) is 17.8 Å². The first-order valence-corrected chi connectivity index (χ1v) is 7.83. The highest BCUT2D eigenvalue weighted by Crippen LogP contribution is 2.16. The van der Waals surface area contributed by atoms with Crippen molar-refractivity contribution in [2.45, 2.75) is 26.6 Å². The third-order valence-corrected chi connectivity index (χ3v) is 3.37. The van der Waals surface area contributed by atoms with E-state index < -0.39 is 0 Å². The molecule has 128 valence electrons. The third-order valence-electron chi connectivity index (χ3n) is 3.37. The minimum atomic E-state index is -0.340. The summed E-state index contributed by atoms with van der Waals surface area (Å²) in [6, 6.07) is 11.9. The Kier molecular flexibility index (Phi) is 6.33. The van der Waals surface area contributed by atoms with Crippen LogP contribution in [0.4, 0.5) is 0 Å². The van der Waals surface area contributed by atoms with Crippen LogP contribution in [-0.4, -0.2) is 23.3 Å². The number of aromatic hydroxyl groups is 1. The maximum atomic E-state index is 12.1. The maximum Gasteiger partial charge on any atom is 0.271 e. The molecule has 0 aliphatic carbocycles. The summed E-state index contributed by atoms with van der Waals surface area (Å²) in [5.74, 6) is 2.09. The topological polar surface area (TPSA) is 70.9 Å². The van der Waals surface area contributed by atoms with Crippen molar-refractivity contribution in [1.82, 2.24) is 5.43 Å². The molecule has 1 amide bonds. The largest absolute Gasteiger partial charge is 0.507 e. The molecule has 0 spiro atoms. The number of rotatable bonds is 6. The Morgan fingerprint density at radius 3 is 2.64 bits per heavy atom. The second-order valence-corrected chi connectivity index (χ2v) is 5.67. The molecule has 0 radical (unpaired) electrons. The summed E-state index contributed by atoms with van der Waals surface area (Å²) < 4.78 is 5.51. The SMILES string of the molecule is C#Cc1ccc(C=NNC(=O)c2ccc(COC(C)C)cc2)c(O)c1. The van der Waals surface area contributed by atoms with Gasteiger partial charge in [0.2, 0.25) is 0 Å². The van der Waals surface area contributed by atoms with Gasteiger partial charge < -0.3 is 9.84 Å². The van der Waals surface area contributed by atoms with E-state index in [9.17, 15) is 9.90 Å². The maximum absolute atomic E-state index is 12.1. The average Bonchev–Trinajstić information content (AvgIpc) is 2.61. The first kappa shape index (κ1) is 18.2. The fraction of sp³-hybridized carbons (Fsp3) is 0.200. The number of nitrogens with one attached hydrogen (secondary N) is 1. The molecule has 0 unspecified atom stereocenters. The summed E-state index contributed by atoms with van der Waals surface area (Å²) in [5, 5.41) is 13.7. The van der Waals surface area contributed by atoms with Gasteiger partial charge in [0.15, 0.2) is 0 Å². The van der Waals surface area contributed by atoms with E-state index in [0.29, 0.717) is 23.3 Å². The van der Waals surface area contributed by atoms with Gasteiger partial charge in [-0.1, -0.05) is 18.1 Å². The first-order chi connectivity index (χ1) is 12.0. The lowest BCUT2D eigenvalue weighted by Crippen LogP contribution is -2.17. The zero-order valence-corrected chi connectivity index (χ0v) is 14.2. The third kappa shape index (κ3) is 5.48. The molecule has 0 aliphatic rings. The van der Waals surface area contributed by atoms with E-state index >= 15 is 0 Å². The highest BCUT2D eigenvalue weighted by Gasteiger charge is 2.05. The molecular weight excluding hydrogens is 316 g/mol. The van der Waals surface area contributed by atoms with Crippen LogP contribution < -0.4 is 5.43 Å². The quantitative estimate of drug-likeness (QED) is 0.484. The van der Waals surface area contributed by atoms with Crippen molar-refractivity contribution in [3.63, 3.8) is 0 Å². The Hall–Kier alpha value is -3.10. The van der Waals surface area contributed by atoms with Crippen molar-refractivity contribution >= 4 is 12.1 Å². The van der Waals surface area contributed by atoms with E-state index in [4.69, 9.17) is 11.2 Å². The zero-order valence-electron chi connectivity index (χ0n) is 14.2. The molecule has 5 nitrogen and oxygen atoms in total. The van der Waals surface area contributed by atoms with Crippen LogP contribution in [-0.2, 0) is 11.3 Å². The van der Waals surface area contributed by atoms with Crippen molar-refractivity contribution in [1.29, 1.82) is 0 Å². The molecule has 5 heteroatoms. The van der Waals surface area contributed by atoms with Crippen molar-refractivity contribution in [3.8, 4) is 18.1 Å². The van der Waals surface area contributed by atoms with E-state index in [1.165, 1.54) is 12.3 Å². The highest BCUT2D eigenvalue weighted by atomic mass is 16.5. The number of carbonyl (C=O) groups excluding carboxylic acids is 1. The Labute approximate surface area is 147 Å². The van der Waals surface area contributed by atoms with Gasteiger partial charge in [0.25, 0.3) is 5.91 Å². The number of carbonyl (C=O) groups is 1. The number of amides is 1. The standard InChI is InChI=1S/C20H20N2O3/c1-4-15-5-10-18(19(23)11-15)12-21-22-20(24)17-8-6-16(7-9-17)13-25-14(2)3/h1,5-12,14,23H,13H2,2-3H3,(H,22,24). The summed E-state index contributed by atoms with van der Waals surface area (Å²) in [5.41, 5.74) is 4.93. The van der Waals surface area contributed by atoms with Gasteiger partial charge in [0.1, 0.15) is 5.75 Å². The molecule has 0 heterocycles. The fourth-order valence-electron chi connectivity index (χ4n) is 1.98. The highest BCUT2D eigenvalue weighted by molar-refractivity contribution is 5.95. The molecule has 2 aromatic carbocycles. The second kappa shape index (κ2) is 8.67. The van der Waals surface area contributed by atoms with Crippen LogP contribution in [0.1, 0.15) is 40.9 Å². The number of ether oxygens (including phenoxy) is 1. The van der Waals surface area contributed by atoms with Crippen LogP contribution in [0.15, 0.2) is 47.6 Å². The van der Waals surface area contributed by atoms with E-state index in [0.717, 1.165) is 5.56 Å². The smallest absolute Gasteiger partial charge is 0.271 e. The molecule has 0 aromatic heterocycles. The number of nitrogens with zero attached hydrogens (tertiary/aromatic N) is 1. The van der Waals surface area contributed by atoms with Crippen LogP contribution in [0.2, 0.25) is 0 Å². The molecule has 0 saturated heterocycles. The number of phenolic OH excluding ortho intramolecular Hbond substituents is 1. The van der Waals surface area contributed by atoms with Crippen LogP contribution in [0, 0.1) is 12.3 Å². The Balaban J connectivity index is 1.94. The van der Waals surface area contributed by atoms with Crippen molar-refractivity contribution in [2.75, 3.05) is 0 Å². The molecule has 0 aliphatic heterocycles. The zero-order chi connectivity index (χ0) is 18.2. The van der Waals surface area contributed by atoms with Gasteiger partial charge in [-0.3, -0.25) is 4.79 Å². The molecule has 2 rings (SSSR count). The number of hydrazone groups is 1. The van der Waals surface area contributed by atoms with Crippen molar-refractivity contribution < 1.29 is 14.6 Å². The minimum absolute atomic E-state index is 0.00274. The van der Waals surface area contributed by atoms with Gasteiger partial charge in [0, 0.05) is 16.7 Å². The molecular formula is C20H20N2O3. The van der Waals surface area contributed by atoms with Crippen LogP contribution in [0.25, 0.3) is 0 Å². The van der Waals surface area contributed by atoms with Gasteiger partial charge >= 0.3 is 0 Å². The average molecular weight is 336 g/mol. The molecule has 0 saturated carbocycles. The van der Waals surface area contributed by atoms with Gasteiger partial charge in [0.05, 0.1) is 18.9 Å². The van der Waals surface area contributed by atoms with Gasteiger partial charge in [-0.15, -0.1) is 6.42 Å². The number of phenols is 1. The first-order valence-electron chi connectivity index (χ1n) is 7.83. The minimum Gasteiger partial charge on any atom is -0.507 e. The Bertz CT molecular complexity index is 803. The van der Waals surface area contributed by atoms with Crippen LogP contribution >= 0.6 is 0 Å². The fourth-order valence-corrected chi connectivity index (χ4v) is 1.98. The summed E-state index contributed by atoms with van der Waals surface area (Å²) in [6.07, 6.45) is 6.77. The van der Waals surface area contributed by atoms with Crippen molar-refractivity contribution in [2.24, 2.45) is 5.10 Å². The van der Waals surface area contributed by atoms with Gasteiger partial charge in [-0.05, 0) is 49.7 Å². The van der Waals surface area contributed by atoms with E-state index in [2.05, 4.69) is 16.4 Å².